The number of amidine groups is 1. The van der Waals surface area contributed by atoms with Gasteiger partial charge in [-0.15, -0.1) is 0 Å². The van der Waals surface area contributed by atoms with Gasteiger partial charge in [0.1, 0.15) is 17.5 Å². The number of nitrogens with two attached hydrogens (primary N) is 1. The third-order valence-corrected chi connectivity index (χ3v) is 2.21. The van der Waals surface area contributed by atoms with Crippen molar-refractivity contribution in [1.82, 2.24) is 10.2 Å². The lowest BCUT2D eigenvalue weighted by atomic mass is 10.2. The summed E-state index contributed by atoms with van der Waals surface area (Å²) in [6, 6.07) is 4.74. The number of nitrogens with one attached hydrogen (secondary N) is 3. The van der Waals surface area contributed by atoms with Gasteiger partial charge in [-0.2, -0.15) is 15.5 Å². The zero-order valence-electron chi connectivity index (χ0n) is 9.10. The topological polar surface area (TPSA) is 147 Å². The Bertz CT molecular complexity index is 679. The van der Waals surface area contributed by atoms with Crippen LogP contribution in [0.15, 0.2) is 23.4 Å². The van der Waals surface area contributed by atoms with Crippen LogP contribution >= 0.6 is 0 Å². The van der Waals surface area contributed by atoms with Gasteiger partial charge in [-0.05, 0) is 12.1 Å². The summed E-state index contributed by atoms with van der Waals surface area (Å²) < 4.78 is 0. The van der Waals surface area contributed by atoms with E-state index in [1.807, 2.05) is 0 Å². The summed E-state index contributed by atoms with van der Waals surface area (Å²) in [6.07, 6.45) is 1.57. The highest BCUT2D eigenvalue weighted by Gasteiger charge is 2.06. The summed E-state index contributed by atoms with van der Waals surface area (Å²) in [5, 5.41) is 36.4. The molecule has 8 nitrogen and oxygen atoms in total. The predicted octanol–water partition coefficient (Wildman–Crippen LogP) is 0.496. The summed E-state index contributed by atoms with van der Waals surface area (Å²) >= 11 is 0. The van der Waals surface area contributed by atoms with E-state index in [1.165, 1.54) is 6.07 Å². The number of phenols is 1. The number of H-pyrrole nitrogens is 1. The molecule has 2 rings (SSSR count). The maximum absolute atomic E-state index is 9.71. The molecule has 0 fully saturated rings. The van der Waals surface area contributed by atoms with E-state index in [1.54, 1.807) is 18.3 Å². The first-order valence-corrected chi connectivity index (χ1v) is 4.86. The first-order chi connectivity index (χ1) is 8.61. The molecule has 90 valence electrons. The monoisotopic (exact) mass is 243 g/mol. The van der Waals surface area contributed by atoms with E-state index in [2.05, 4.69) is 20.7 Å². The van der Waals surface area contributed by atoms with Gasteiger partial charge in [0.15, 0.2) is 5.84 Å². The molecule has 0 aliphatic rings. The molecule has 0 radical (unpaired) electrons. The van der Waals surface area contributed by atoms with Crippen molar-refractivity contribution in [3.8, 4) is 11.8 Å². The van der Waals surface area contributed by atoms with Gasteiger partial charge >= 0.3 is 0 Å². The van der Waals surface area contributed by atoms with Crippen molar-refractivity contribution >= 4 is 28.1 Å². The van der Waals surface area contributed by atoms with Gasteiger partial charge in [0.2, 0.25) is 5.71 Å². The van der Waals surface area contributed by atoms with Gasteiger partial charge < -0.3 is 10.8 Å². The minimum Gasteiger partial charge on any atom is -0.506 e. The molecule has 0 saturated carbocycles. The summed E-state index contributed by atoms with van der Waals surface area (Å²) in [5.74, 6) is -0.499. The first kappa shape index (κ1) is 11.4. The standard InChI is InChI=1S/C10H9N7O/c11-3-8(10(12)13)17-16-7-2-6-5(1-9(7)18)4-14-15-6/h1-2,4,16,18H,(H3,12,13)(H,14,15)/b17-8+. The number of benzene rings is 1. The lowest BCUT2D eigenvalue weighted by molar-refractivity contribution is 0.478. The van der Waals surface area contributed by atoms with Gasteiger partial charge in [0.05, 0.1) is 11.7 Å². The fourth-order valence-corrected chi connectivity index (χ4v) is 1.33. The molecule has 6 N–H and O–H groups in total. The number of phenolic OH excluding ortho intramolecular Hbond substituents is 1. The highest BCUT2D eigenvalue weighted by molar-refractivity contribution is 6.45. The Balaban J connectivity index is 2.34. The largest absolute Gasteiger partial charge is 0.506 e. The molecule has 0 saturated heterocycles. The third kappa shape index (κ3) is 2.05. The van der Waals surface area contributed by atoms with Crippen LogP contribution in [0.3, 0.4) is 0 Å². The first-order valence-electron chi connectivity index (χ1n) is 4.86. The number of hydrogen-bond donors (Lipinski definition) is 5. The molecular weight excluding hydrogens is 234 g/mol. The van der Waals surface area contributed by atoms with Crippen molar-refractivity contribution in [2.75, 3.05) is 5.43 Å². The molecule has 0 atom stereocenters. The van der Waals surface area contributed by atoms with E-state index in [0.29, 0.717) is 5.52 Å². The summed E-state index contributed by atoms with van der Waals surface area (Å²) in [5.41, 5.74) is 8.32. The number of fused-ring (bicyclic) bond motifs is 1. The van der Waals surface area contributed by atoms with Gasteiger partial charge in [-0.3, -0.25) is 15.9 Å². The SMILES string of the molecule is N#C/C(=N\Nc1cc2[nH]ncc2cc1O)C(=N)N. The summed E-state index contributed by atoms with van der Waals surface area (Å²) in [4.78, 5) is 0. The molecule has 0 spiro atoms. The molecule has 18 heavy (non-hydrogen) atoms. The fourth-order valence-electron chi connectivity index (χ4n) is 1.33. The van der Waals surface area contributed by atoms with Crippen molar-refractivity contribution in [3.63, 3.8) is 0 Å². The van der Waals surface area contributed by atoms with Gasteiger partial charge in [0, 0.05) is 5.39 Å². The Morgan fingerprint density at radius 3 is 3.06 bits per heavy atom. The second-order valence-electron chi connectivity index (χ2n) is 3.42. The van der Waals surface area contributed by atoms with Crippen LogP contribution < -0.4 is 11.2 Å². The lowest BCUT2D eigenvalue weighted by Crippen LogP contribution is -2.21. The molecule has 1 aromatic heterocycles. The van der Waals surface area contributed by atoms with Crippen LogP contribution in [0, 0.1) is 16.7 Å². The second kappa shape index (κ2) is 4.42. The zero-order valence-corrected chi connectivity index (χ0v) is 9.10. The molecule has 2 aromatic rings. The van der Waals surface area contributed by atoms with Crippen LogP contribution in [-0.4, -0.2) is 26.9 Å². The van der Waals surface area contributed by atoms with Crippen molar-refractivity contribution in [2.24, 2.45) is 10.8 Å². The molecule has 0 unspecified atom stereocenters. The van der Waals surface area contributed by atoms with Crippen LogP contribution in [0.4, 0.5) is 5.69 Å². The molecule has 1 heterocycles. The van der Waals surface area contributed by atoms with Crippen molar-refractivity contribution in [1.29, 1.82) is 10.7 Å². The number of nitriles is 1. The molecule has 0 aliphatic carbocycles. The Labute approximate surface area is 101 Å². The van der Waals surface area contributed by atoms with Gasteiger partial charge in [-0.25, -0.2) is 0 Å². The van der Waals surface area contributed by atoms with Gasteiger partial charge in [0.25, 0.3) is 0 Å². The third-order valence-electron chi connectivity index (χ3n) is 2.21. The highest BCUT2D eigenvalue weighted by atomic mass is 16.3. The molecule has 1 aromatic carbocycles. The minimum absolute atomic E-state index is 0.0477. The number of aromatic amines is 1. The molecule has 0 amide bonds. The molecular formula is C10H9N7O. The Kier molecular flexibility index (Phi) is 2.80. The normalized spacial score (nSPS) is 11.2. The van der Waals surface area contributed by atoms with Crippen molar-refractivity contribution in [3.05, 3.63) is 18.3 Å². The molecule has 0 bridgehead atoms. The number of aromatic hydroxyl groups is 1. The van der Waals surface area contributed by atoms with E-state index in [9.17, 15) is 5.11 Å². The van der Waals surface area contributed by atoms with Crippen molar-refractivity contribution in [2.45, 2.75) is 0 Å². The Hall–Kier alpha value is -3.08. The zero-order chi connectivity index (χ0) is 13.1. The summed E-state index contributed by atoms with van der Waals surface area (Å²) in [7, 11) is 0. The number of anilines is 1. The van der Waals surface area contributed by atoms with E-state index in [4.69, 9.17) is 16.4 Å². The number of hydrazone groups is 1. The van der Waals surface area contributed by atoms with Crippen LogP contribution in [0.2, 0.25) is 0 Å². The van der Waals surface area contributed by atoms with Crippen LogP contribution in [0.5, 0.6) is 5.75 Å². The Morgan fingerprint density at radius 2 is 2.39 bits per heavy atom. The van der Waals surface area contributed by atoms with Crippen molar-refractivity contribution < 1.29 is 5.11 Å². The number of nitrogens with zero attached hydrogens (tertiary/aromatic N) is 3. The smallest absolute Gasteiger partial charge is 0.201 e. The highest BCUT2D eigenvalue weighted by Crippen LogP contribution is 2.28. The van der Waals surface area contributed by atoms with Crippen LogP contribution in [0.1, 0.15) is 0 Å². The fraction of sp³-hybridized carbons (Fsp3) is 0. The van der Waals surface area contributed by atoms with Crippen LogP contribution in [-0.2, 0) is 0 Å². The average Bonchev–Trinajstić information content (AvgIpc) is 2.76. The van der Waals surface area contributed by atoms with Crippen LogP contribution in [0.25, 0.3) is 10.9 Å². The maximum atomic E-state index is 9.71. The number of hydrogen-bond acceptors (Lipinski definition) is 6. The predicted molar refractivity (Wildman–Crippen MR) is 66.3 cm³/mol. The maximum Gasteiger partial charge on any atom is 0.201 e. The quantitative estimate of drug-likeness (QED) is 0.230. The number of rotatable bonds is 3. The lowest BCUT2D eigenvalue weighted by Gasteiger charge is -2.04. The summed E-state index contributed by atoms with van der Waals surface area (Å²) in [6.45, 7) is 0. The van der Waals surface area contributed by atoms with E-state index >= 15 is 0 Å². The van der Waals surface area contributed by atoms with E-state index in [0.717, 1.165) is 5.39 Å². The minimum atomic E-state index is -0.452. The van der Waals surface area contributed by atoms with E-state index in [-0.39, 0.29) is 17.1 Å². The van der Waals surface area contributed by atoms with Gasteiger partial charge in [-0.1, -0.05) is 0 Å². The van der Waals surface area contributed by atoms with E-state index < -0.39 is 5.84 Å². The average molecular weight is 243 g/mol. The molecule has 8 heteroatoms. The Morgan fingerprint density at radius 1 is 1.61 bits per heavy atom. The second-order valence-corrected chi connectivity index (χ2v) is 3.42. The molecule has 0 aliphatic heterocycles. The number of aromatic nitrogens is 2.